The maximum Gasteiger partial charge on any atom is 0.303 e. The third-order valence-electron chi connectivity index (χ3n) is 2.44. The van der Waals surface area contributed by atoms with Crippen LogP contribution in [0, 0.1) is 0 Å². The van der Waals surface area contributed by atoms with Crippen LogP contribution in [0.2, 0.25) is 0 Å². The van der Waals surface area contributed by atoms with Gasteiger partial charge in [0.05, 0.1) is 0 Å². The Hall–Kier alpha value is -0.440. The van der Waals surface area contributed by atoms with Gasteiger partial charge in [0.25, 0.3) is 10.0 Å². The maximum absolute atomic E-state index is 11.9. The predicted octanol–water partition coefficient (Wildman–Crippen LogP) is 2.82. The van der Waals surface area contributed by atoms with Crippen LogP contribution in [-0.4, -0.2) is 26.0 Å². The summed E-state index contributed by atoms with van der Waals surface area (Å²) in [5, 5.41) is 10.2. The van der Waals surface area contributed by atoms with Crippen LogP contribution in [0.15, 0.2) is 20.1 Å². The van der Waals surface area contributed by atoms with Crippen molar-refractivity contribution >= 4 is 43.3 Å². The molecule has 0 aliphatic rings. The van der Waals surface area contributed by atoms with E-state index in [9.17, 15) is 13.2 Å². The number of carboxylic acid groups (broad SMARTS) is 1. The summed E-state index contributed by atoms with van der Waals surface area (Å²) in [6, 6.07) is 1.70. The predicted molar refractivity (Wildman–Crippen MR) is 77.9 cm³/mol. The summed E-state index contributed by atoms with van der Waals surface area (Å²) in [6.07, 6.45) is 3.15. The van der Waals surface area contributed by atoms with Crippen molar-refractivity contribution in [1.29, 1.82) is 0 Å². The minimum Gasteiger partial charge on any atom is -0.481 e. The molecular formula is C11H16BrNO4S2. The van der Waals surface area contributed by atoms with Crippen LogP contribution in [0.25, 0.3) is 0 Å². The Labute approximate surface area is 125 Å². The number of hydrogen-bond donors (Lipinski definition) is 2. The van der Waals surface area contributed by atoms with Crippen molar-refractivity contribution in [2.45, 2.75) is 36.3 Å². The molecule has 0 amide bonds. The van der Waals surface area contributed by atoms with E-state index in [2.05, 4.69) is 20.7 Å². The summed E-state index contributed by atoms with van der Waals surface area (Å²) in [6.45, 7) is 0.375. The average Bonchev–Trinajstić information content (AvgIpc) is 2.74. The Morgan fingerprint density at radius 2 is 2.00 bits per heavy atom. The van der Waals surface area contributed by atoms with Gasteiger partial charge in [0, 0.05) is 17.4 Å². The number of sulfonamides is 1. The number of nitrogens with one attached hydrogen (secondary N) is 1. The number of halogens is 1. The Balaban J connectivity index is 2.23. The molecule has 1 heterocycles. The fraction of sp³-hybridized carbons (Fsp3) is 0.545. The van der Waals surface area contributed by atoms with Gasteiger partial charge < -0.3 is 5.11 Å². The van der Waals surface area contributed by atoms with E-state index in [1.165, 1.54) is 11.3 Å². The Kier molecular flexibility index (Phi) is 6.98. The molecule has 1 rings (SSSR count). The highest BCUT2D eigenvalue weighted by molar-refractivity contribution is 9.10. The molecule has 0 spiro atoms. The highest BCUT2D eigenvalue weighted by Crippen LogP contribution is 2.27. The second-order valence-corrected chi connectivity index (χ2v) is 7.74. The van der Waals surface area contributed by atoms with Crippen LogP contribution in [-0.2, 0) is 14.8 Å². The summed E-state index contributed by atoms with van der Waals surface area (Å²) in [5.41, 5.74) is 0. The summed E-state index contributed by atoms with van der Waals surface area (Å²) < 4.78 is 27.2. The smallest absolute Gasteiger partial charge is 0.303 e. The van der Waals surface area contributed by atoms with Crippen LogP contribution in [0.1, 0.15) is 32.1 Å². The van der Waals surface area contributed by atoms with E-state index in [0.717, 1.165) is 12.8 Å². The molecule has 0 bridgehead atoms. The van der Waals surface area contributed by atoms with E-state index in [1.807, 2.05) is 0 Å². The number of unbranched alkanes of at least 4 members (excludes halogenated alkanes) is 3. The molecule has 0 saturated carbocycles. The molecule has 0 aromatic carbocycles. The first-order chi connectivity index (χ1) is 8.93. The van der Waals surface area contributed by atoms with E-state index in [1.54, 1.807) is 11.4 Å². The first kappa shape index (κ1) is 16.6. The Bertz CT molecular complexity index is 513. The average molecular weight is 370 g/mol. The van der Waals surface area contributed by atoms with Gasteiger partial charge in [0.15, 0.2) is 0 Å². The number of hydrogen-bond acceptors (Lipinski definition) is 4. The standard InChI is InChI=1S/C11H16BrNO4S2/c12-9-6-8-18-11(9)19(16,17)13-7-4-2-1-3-5-10(14)15/h6,8,13H,1-5,7H2,(H,14,15). The summed E-state index contributed by atoms with van der Waals surface area (Å²) in [5.74, 6) is -0.789. The van der Waals surface area contributed by atoms with Crippen LogP contribution < -0.4 is 4.72 Å². The Morgan fingerprint density at radius 3 is 2.58 bits per heavy atom. The molecule has 19 heavy (non-hydrogen) atoms. The largest absolute Gasteiger partial charge is 0.481 e. The van der Waals surface area contributed by atoms with E-state index in [4.69, 9.17) is 5.11 Å². The van der Waals surface area contributed by atoms with Crippen LogP contribution in [0.5, 0.6) is 0 Å². The molecule has 0 fully saturated rings. The normalized spacial score (nSPS) is 11.6. The van der Waals surface area contributed by atoms with Crippen molar-refractivity contribution in [3.05, 3.63) is 15.9 Å². The van der Waals surface area contributed by atoms with Crippen LogP contribution in [0.4, 0.5) is 0 Å². The first-order valence-electron chi connectivity index (χ1n) is 5.88. The highest BCUT2D eigenvalue weighted by Gasteiger charge is 2.18. The lowest BCUT2D eigenvalue weighted by molar-refractivity contribution is -0.137. The fourth-order valence-corrected chi connectivity index (χ4v) is 4.95. The van der Waals surface area contributed by atoms with Gasteiger partial charge in [-0.1, -0.05) is 12.8 Å². The molecule has 8 heteroatoms. The van der Waals surface area contributed by atoms with Gasteiger partial charge in [-0.25, -0.2) is 13.1 Å². The lowest BCUT2D eigenvalue weighted by Crippen LogP contribution is -2.24. The van der Waals surface area contributed by atoms with Gasteiger partial charge in [-0.2, -0.15) is 0 Å². The zero-order valence-corrected chi connectivity index (χ0v) is 13.5. The summed E-state index contributed by atoms with van der Waals surface area (Å²) >= 11 is 4.36. The summed E-state index contributed by atoms with van der Waals surface area (Å²) in [4.78, 5) is 10.3. The molecule has 0 unspecified atom stereocenters. The van der Waals surface area contributed by atoms with Crippen molar-refractivity contribution in [1.82, 2.24) is 4.72 Å². The molecule has 2 N–H and O–H groups in total. The molecule has 0 aliphatic heterocycles. The molecule has 0 radical (unpaired) electrons. The second kappa shape index (κ2) is 7.98. The second-order valence-electron chi connectivity index (χ2n) is 4.01. The highest BCUT2D eigenvalue weighted by atomic mass is 79.9. The molecule has 1 aromatic heterocycles. The molecule has 108 valence electrons. The molecule has 5 nitrogen and oxygen atoms in total. The maximum atomic E-state index is 11.9. The minimum atomic E-state index is -3.43. The van der Waals surface area contributed by atoms with E-state index < -0.39 is 16.0 Å². The molecule has 0 aliphatic carbocycles. The van der Waals surface area contributed by atoms with E-state index in [-0.39, 0.29) is 6.42 Å². The van der Waals surface area contributed by atoms with Crippen molar-refractivity contribution in [2.75, 3.05) is 6.54 Å². The quantitative estimate of drug-likeness (QED) is 0.655. The van der Waals surface area contributed by atoms with Gasteiger partial charge >= 0.3 is 5.97 Å². The number of rotatable bonds is 9. The van der Waals surface area contributed by atoms with Gasteiger partial charge in [-0.05, 0) is 40.2 Å². The zero-order valence-electron chi connectivity index (χ0n) is 10.3. The van der Waals surface area contributed by atoms with Crippen LogP contribution >= 0.6 is 27.3 Å². The molecule has 0 atom stereocenters. The monoisotopic (exact) mass is 369 g/mol. The number of carboxylic acids is 1. The third-order valence-corrected chi connectivity index (χ3v) is 6.57. The van der Waals surface area contributed by atoms with E-state index in [0.29, 0.717) is 28.1 Å². The minimum absolute atomic E-state index is 0.174. The summed E-state index contributed by atoms with van der Waals surface area (Å²) in [7, 11) is -3.43. The van der Waals surface area contributed by atoms with Gasteiger partial charge in [-0.15, -0.1) is 11.3 Å². The zero-order chi connectivity index (χ0) is 14.3. The third kappa shape index (κ3) is 6.03. The van der Waals surface area contributed by atoms with Crippen molar-refractivity contribution in [3.63, 3.8) is 0 Å². The number of thiophene rings is 1. The van der Waals surface area contributed by atoms with Crippen molar-refractivity contribution in [2.24, 2.45) is 0 Å². The fourth-order valence-electron chi connectivity index (χ4n) is 1.50. The van der Waals surface area contributed by atoms with Gasteiger partial charge in [-0.3, -0.25) is 4.79 Å². The lowest BCUT2D eigenvalue weighted by atomic mass is 10.1. The lowest BCUT2D eigenvalue weighted by Gasteiger charge is -2.05. The molecule has 1 aromatic rings. The molecule has 0 saturated heterocycles. The number of aliphatic carboxylic acids is 1. The van der Waals surface area contributed by atoms with Crippen LogP contribution in [0.3, 0.4) is 0 Å². The molecular weight excluding hydrogens is 354 g/mol. The van der Waals surface area contributed by atoms with E-state index >= 15 is 0 Å². The number of carbonyl (C=O) groups is 1. The van der Waals surface area contributed by atoms with Gasteiger partial charge in [0.1, 0.15) is 4.21 Å². The Morgan fingerprint density at radius 1 is 1.32 bits per heavy atom. The van der Waals surface area contributed by atoms with Gasteiger partial charge in [0.2, 0.25) is 0 Å². The first-order valence-corrected chi connectivity index (χ1v) is 9.03. The SMILES string of the molecule is O=C(O)CCCCCCNS(=O)(=O)c1sccc1Br. The van der Waals surface area contributed by atoms with Crippen molar-refractivity contribution in [3.8, 4) is 0 Å². The topological polar surface area (TPSA) is 83.5 Å². The van der Waals surface area contributed by atoms with Crippen molar-refractivity contribution < 1.29 is 18.3 Å².